The van der Waals surface area contributed by atoms with Gasteiger partial charge < -0.3 is 0 Å². The van der Waals surface area contributed by atoms with Crippen molar-refractivity contribution in [3.8, 4) is 0 Å². The number of hydrogen-bond acceptors (Lipinski definition) is 0. The van der Waals surface area contributed by atoms with E-state index in [0.717, 1.165) is 11.3 Å². The van der Waals surface area contributed by atoms with Gasteiger partial charge >= 0.3 is 0 Å². The summed E-state index contributed by atoms with van der Waals surface area (Å²) in [6.07, 6.45) is 12.3. The van der Waals surface area contributed by atoms with Crippen LogP contribution in [0.4, 0.5) is 0 Å². The van der Waals surface area contributed by atoms with Gasteiger partial charge in [0.25, 0.3) is 0 Å². The summed E-state index contributed by atoms with van der Waals surface area (Å²) in [7, 11) is 0. The average Bonchev–Trinajstić information content (AvgIpc) is 2.35. The Balaban J connectivity index is 1.77. The van der Waals surface area contributed by atoms with Crippen molar-refractivity contribution in [2.45, 2.75) is 58.3 Å². The molecule has 0 bridgehead atoms. The zero-order valence-electron chi connectivity index (χ0n) is 7.73. The molecule has 0 amide bonds. The van der Waals surface area contributed by atoms with E-state index >= 15 is 0 Å². The highest BCUT2D eigenvalue weighted by Crippen LogP contribution is 2.57. The lowest BCUT2D eigenvalue weighted by Gasteiger charge is -2.45. The van der Waals surface area contributed by atoms with Crippen molar-refractivity contribution in [1.29, 1.82) is 0 Å². The Kier molecular flexibility index (Phi) is 1.95. The highest BCUT2D eigenvalue weighted by molar-refractivity contribution is 4.96. The summed E-state index contributed by atoms with van der Waals surface area (Å²) in [5.41, 5.74) is 0.889. The molecule has 1 spiro atoms. The van der Waals surface area contributed by atoms with Gasteiger partial charge in [0.15, 0.2) is 0 Å². The van der Waals surface area contributed by atoms with Crippen molar-refractivity contribution in [3.05, 3.63) is 0 Å². The van der Waals surface area contributed by atoms with Crippen LogP contribution >= 0.6 is 0 Å². The molecule has 0 radical (unpaired) electrons. The first-order chi connectivity index (χ1) is 5.35. The predicted molar refractivity (Wildman–Crippen MR) is 48.5 cm³/mol. The summed E-state index contributed by atoms with van der Waals surface area (Å²) in [6.45, 7) is 2.32. The maximum absolute atomic E-state index is 2.32. The first-order valence-corrected chi connectivity index (χ1v) is 5.35. The molecule has 0 unspecified atom stereocenters. The third-order valence-electron chi connectivity index (χ3n) is 3.80. The molecule has 2 fully saturated rings. The van der Waals surface area contributed by atoms with Crippen LogP contribution in [0.1, 0.15) is 58.3 Å². The van der Waals surface area contributed by atoms with Gasteiger partial charge in [-0.25, -0.2) is 0 Å². The van der Waals surface area contributed by atoms with Crippen molar-refractivity contribution in [1.82, 2.24) is 0 Å². The third kappa shape index (κ3) is 1.32. The normalized spacial score (nSPS) is 29.2. The van der Waals surface area contributed by atoms with Gasteiger partial charge in [-0.05, 0) is 37.0 Å². The fourth-order valence-corrected chi connectivity index (χ4v) is 3.31. The van der Waals surface area contributed by atoms with Gasteiger partial charge in [-0.3, -0.25) is 0 Å². The number of hydrogen-bond donors (Lipinski definition) is 0. The maximum atomic E-state index is 2.32. The molecule has 0 nitrogen and oxygen atoms in total. The van der Waals surface area contributed by atoms with Crippen LogP contribution in [-0.2, 0) is 0 Å². The van der Waals surface area contributed by atoms with Crippen LogP contribution in [0.25, 0.3) is 0 Å². The minimum Gasteiger partial charge on any atom is -0.0654 e. The fourth-order valence-electron chi connectivity index (χ4n) is 3.31. The zero-order chi connectivity index (χ0) is 7.73. The Labute approximate surface area is 70.4 Å². The Hall–Kier alpha value is 0. The van der Waals surface area contributed by atoms with Crippen LogP contribution in [0.15, 0.2) is 0 Å². The molecule has 2 saturated carbocycles. The van der Waals surface area contributed by atoms with E-state index in [4.69, 9.17) is 0 Å². The standard InChI is InChI=1S/C11H20/c1-2-5-10-8-11(9-10)6-3-4-7-11/h10H,2-9H2,1H3. The maximum Gasteiger partial charge on any atom is -0.0292 e. The van der Waals surface area contributed by atoms with E-state index in [9.17, 15) is 0 Å². The van der Waals surface area contributed by atoms with Crippen molar-refractivity contribution in [2.75, 3.05) is 0 Å². The summed E-state index contributed by atoms with van der Waals surface area (Å²) in [5, 5.41) is 0. The molecule has 0 saturated heterocycles. The van der Waals surface area contributed by atoms with E-state index in [2.05, 4.69) is 6.92 Å². The highest BCUT2D eigenvalue weighted by Gasteiger charge is 2.44. The number of rotatable bonds is 2. The summed E-state index contributed by atoms with van der Waals surface area (Å²) < 4.78 is 0. The van der Waals surface area contributed by atoms with Gasteiger partial charge in [0.1, 0.15) is 0 Å². The molecule has 0 heteroatoms. The average molecular weight is 152 g/mol. The lowest BCUT2D eigenvalue weighted by molar-refractivity contribution is 0.0561. The van der Waals surface area contributed by atoms with E-state index < -0.39 is 0 Å². The molecular weight excluding hydrogens is 132 g/mol. The largest absolute Gasteiger partial charge is 0.0654 e. The van der Waals surface area contributed by atoms with E-state index in [1.54, 1.807) is 25.7 Å². The van der Waals surface area contributed by atoms with Crippen molar-refractivity contribution in [2.24, 2.45) is 11.3 Å². The summed E-state index contributed by atoms with van der Waals surface area (Å²) >= 11 is 0. The van der Waals surface area contributed by atoms with Gasteiger partial charge in [-0.15, -0.1) is 0 Å². The molecule has 0 aromatic heterocycles. The summed E-state index contributed by atoms with van der Waals surface area (Å²) in [5.74, 6) is 1.12. The van der Waals surface area contributed by atoms with E-state index in [1.807, 2.05) is 0 Å². The predicted octanol–water partition coefficient (Wildman–Crippen LogP) is 3.76. The lowest BCUT2D eigenvalue weighted by atomic mass is 9.60. The van der Waals surface area contributed by atoms with Crippen molar-refractivity contribution >= 4 is 0 Å². The quantitative estimate of drug-likeness (QED) is 0.565. The monoisotopic (exact) mass is 152 g/mol. The zero-order valence-corrected chi connectivity index (χ0v) is 7.73. The van der Waals surface area contributed by atoms with Crippen LogP contribution in [0.3, 0.4) is 0 Å². The van der Waals surface area contributed by atoms with Crippen LogP contribution in [-0.4, -0.2) is 0 Å². The molecule has 2 rings (SSSR count). The molecule has 0 aliphatic heterocycles. The van der Waals surface area contributed by atoms with Crippen LogP contribution in [0.2, 0.25) is 0 Å². The minimum absolute atomic E-state index is 0.889. The summed E-state index contributed by atoms with van der Waals surface area (Å²) in [6, 6.07) is 0. The molecular formula is C11H20. The van der Waals surface area contributed by atoms with Gasteiger partial charge in [0.05, 0.1) is 0 Å². The van der Waals surface area contributed by atoms with E-state index in [-0.39, 0.29) is 0 Å². The van der Waals surface area contributed by atoms with Crippen LogP contribution in [0, 0.1) is 11.3 Å². The van der Waals surface area contributed by atoms with Gasteiger partial charge in [-0.1, -0.05) is 32.6 Å². The Morgan fingerprint density at radius 2 is 1.82 bits per heavy atom. The second kappa shape index (κ2) is 2.80. The van der Waals surface area contributed by atoms with E-state index in [1.165, 1.54) is 25.7 Å². The minimum atomic E-state index is 0.889. The Bertz CT molecular complexity index is 123. The Morgan fingerprint density at radius 3 is 2.36 bits per heavy atom. The smallest absolute Gasteiger partial charge is 0.0292 e. The van der Waals surface area contributed by atoms with Crippen LogP contribution < -0.4 is 0 Å². The molecule has 0 aromatic rings. The topological polar surface area (TPSA) is 0 Å². The van der Waals surface area contributed by atoms with Gasteiger partial charge in [0, 0.05) is 0 Å². The molecule has 0 heterocycles. The molecule has 64 valence electrons. The molecule has 11 heavy (non-hydrogen) atoms. The van der Waals surface area contributed by atoms with Gasteiger partial charge in [0.2, 0.25) is 0 Å². The summed E-state index contributed by atoms with van der Waals surface area (Å²) in [4.78, 5) is 0. The fraction of sp³-hybridized carbons (Fsp3) is 1.00. The SMILES string of the molecule is CCCC1CC2(CCCC2)C1. The molecule has 0 N–H and O–H groups in total. The molecule has 2 aliphatic carbocycles. The van der Waals surface area contributed by atoms with Crippen molar-refractivity contribution in [3.63, 3.8) is 0 Å². The van der Waals surface area contributed by atoms with Crippen LogP contribution in [0.5, 0.6) is 0 Å². The van der Waals surface area contributed by atoms with Gasteiger partial charge in [-0.2, -0.15) is 0 Å². The first-order valence-electron chi connectivity index (χ1n) is 5.35. The lowest BCUT2D eigenvalue weighted by Crippen LogP contribution is -2.34. The Morgan fingerprint density at radius 1 is 1.18 bits per heavy atom. The first kappa shape index (κ1) is 7.64. The second-order valence-corrected chi connectivity index (χ2v) is 4.77. The highest BCUT2D eigenvalue weighted by atomic mass is 14.5. The van der Waals surface area contributed by atoms with E-state index in [0.29, 0.717) is 0 Å². The molecule has 0 aromatic carbocycles. The molecule has 2 aliphatic rings. The third-order valence-corrected chi connectivity index (χ3v) is 3.80. The van der Waals surface area contributed by atoms with Crippen molar-refractivity contribution < 1.29 is 0 Å². The molecule has 0 atom stereocenters. The second-order valence-electron chi connectivity index (χ2n) is 4.77.